The highest BCUT2D eigenvalue weighted by Crippen LogP contribution is 2.17. The Balaban J connectivity index is 1.64. The molecule has 126 valence electrons. The van der Waals surface area contributed by atoms with Gasteiger partial charge in [-0.15, -0.1) is 0 Å². The van der Waals surface area contributed by atoms with Crippen LogP contribution in [0.25, 0.3) is 0 Å². The monoisotopic (exact) mass is 319 g/mol. The van der Waals surface area contributed by atoms with Gasteiger partial charge in [0, 0.05) is 6.04 Å². The van der Waals surface area contributed by atoms with Gasteiger partial charge in [-0.25, -0.2) is 4.79 Å². The number of nitrogens with one attached hydrogen (secondary N) is 1. The Morgan fingerprint density at radius 1 is 1.13 bits per heavy atom. The first-order valence-corrected chi connectivity index (χ1v) is 8.28. The van der Waals surface area contributed by atoms with Gasteiger partial charge >= 0.3 is 5.97 Å². The van der Waals surface area contributed by atoms with E-state index in [-0.39, 0.29) is 25.2 Å². The standard InChI is InChI=1S/C18H25NO4/c1-14-7-6-10-16(11-14)22-13-18(21)23-12-17(20)19-15-8-4-2-3-5-9-15/h6-7,10-11,15H,2-5,8-9,12-13H2,1H3,(H,19,20). The normalized spacial score (nSPS) is 15.5. The summed E-state index contributed by atoms with van der Waals surface area (Å²) in [6, 6.07) is 7.64. The lowest BCUT2D eigenvalue weighted by molar-refractivity contribution is -0.150. The molecule has 0 spiro atoms. The van der Waals surface area contributed by atoms with Gasteiger partial charge in [0.25, 0.3) is 5.91 Å². The quantitative estimate of drug-likeness (QED) is 0.647. The van der Waals surface area contributed by atoms with E-state index in [2.05, 4.69) is 5.32 Å². The minimum absolute atomic E-state index is 0.194. The van der Waals surface area contributed by atoms with E-state index < -0.39 is 5.97 Å². The van der Waals surface area contributed by atoms with E-state index in [1.807, 2.05) is 25.1 Å². The Morgan fingerprint density at radius 3 is 2.57 bits per heavy atom. The maximum Gasteiger partial charge on any atom is 0.344 e. The van der Waals surface area contributed by atoms with Crippen molar-refractivity contribution in [2.75, 3.05) is 13.2 Å². The maximum absolute atomic E-state index is 11.8. The second kappa shape index (κ2) is 9.18. The third-order valence-electron chi connectivity index (χ3n) is 3.93. The van der Waals surface area contributed by atoms with Crippen LogP contribution in [0.3, 0.4) is 0 Å². The molecule has 1 fully saturated rings. The number of rotatable bonds is 6. The summed E-state index contributed by atoms with van der Waals surface area (Å²) in [6.07, 6.45) is 6.78. The number of esters is 1. The third-order valence-corrected chi connectivity index (χ3v) is 3.93. The van der Waals surface area contributed by atoms with Gasteiger partial charge in [0.05, 0.1) is 0 Å². The van der Waals surface area contributed by atoms with Crippen LogP contribution < -0.4 is 10.1 Å². The molecule has 0 radical (unpaired) electrons. The number of benzene rings is 1. The lowest BCUT2D eigenvalue weighted by Crippen LogP contribution is -2.37. The zero-order valence-electron chi connectivity index (χ0n) is 13.7. The van der Waals surface area contributed by atoms with Crippen molar-refractivity contribution in [3.8, 4) is 5.75 Å². The molecule has 23 heavy (non-hydrogen) atoms. The molecule has 1 N–H and O–H groups in total. The van der Waals surface area contributed by atoms with Crippen LogP contribution in [0, 0.1) is 6.92 Å². The summed E-state index contributed by atoms with van der Waals surface area (Å²) in [6.45, 7) is 1.51. The predicted octanol–water partition coefficient (Wildman–Crippen LogP) is 2.76. The molecule has 1 saturated carbocycles. The van der Waals surface area contributed by atoms with Crippen molar-refractivity contribution in [1.82, 2.24) is 5.32 Å². The van der Waals surface area contributed by atoms with Crippen LogP contribution in [0.2, 0.25) is 0 Å². The van der Waals surface area contributed by atoms with Crippen molar-refractivity contribution in [1.29, 1.82) is 0 Å². The largest absolute Gasteiger partial charge is 0.482 e. The first kappa shape index (κ1) is 17.3. The highest BCUT2D eigenvalue weighted by Gasteiger charge is 2.15. The van der Waals surface area contributed by atoms with Crippen LogP contribution in [0.4, 0.5) is 0 Å². The van der Waals surface area contributed by atoms with Gasteiger partial charge in [0.1, 0.15) is 5.75 Å². The van der Waals surface area contributed by atoms with Crippen molar-refractivity contribution < 1.29 is 19.1 Å². The first-order valence-electron chi connectivity index (χ1n) is 8.28. The molecule has 0 unspecified atom stereocenters. The van der Waals surface area contributed by atoms with Crippen molar-refractivity contribution in [3.63, 3.8) is 0 Å². The zero-order valence-corrected chi connectivity index (χ0v) is 13.7. The Kier molecular flexibility index (Phi) is 6.91. The summed E-state index contributed by atoms with van der Waals surface area (Å²) in [5.74, 6) is -0.159. The van der Waals surface area contributed by atoms with Gasteiger partial charge in [-0.05, 0) is 37.5 Å². The molecule has 0 aliphatic heterocycles. The molecule has 1 aliphatic rings. The summed E-state index contributed by atoms with van der Waals surface area (Å²) in [5.41, 5.74) is 1.05. The highest BCUT2D eigenvalue weighted by atomic mass is 16.6. The second-order valence-corrected chi connectivity index (χ2v) is 6.02. The van der Waals surface area contributed by atoms with E-state index in [4.69, 9.17) is 9.47 Å². The lowest BCUT2D eigenvalue weighted by Gasteiger charge is -2.16. The fourth-order valence-electron chi connectivity index (χ4n) is 2.73. The Bertz CT molecular complexity index is 522. The molecule has 0 saturated heterocycles. The number of hydrogen-bond acceptors (Lipinski definition) is 4. The first-order chi connectivity index (χ1) is 11.1. The average Bonchev–Trinajstić information content (AvgIpc) is 2.80. The maximum atomic E-state index is 11.8. The molecular weight excluding hydrogens is 294 g/mol. The van der Waals surface area contributed by atoms with Crippen LogP contribution in [-0.2, 0) is 14.3 Å². The lowest BCUT2D eigenvalue weighted by atomic mass is 10.1. The molecule has 0 aromatic heterocycles. The summed E-state index contributed by atoms with van der Waals surface area (Å²) in [4.78, 5) is 23.4. The molecule has 1 amide bonds. The van der Waals surface area contributed by atoms with Crippen molar-refractivity contribution in [2.24, 2.45) is 0 Å². The molecule has 1 aromatic rings. The molecule has 1 aromatic carbocycles. The van der Waals surface area contributed by atoms with Crippen LogP contribution in [0.1, 0.15) is 44.1 Å². The van der Waals surface area contributed by atoms with Gasteiger partial charge in [-0.3, -0.25) is 4.79 Å². The molecule has 5 heteroatoms. The smallest absolute Gasteiger partial charge is 0.344 e. The minimum atomic E-state index is -0.539. The van der Waals surface area contributed by atoms with Crippen LogP contribution >= 0.6 is 0 Å². The number of ether oxygens (including phenoxy) is 2. The summed E-state index contributed by atoms with van der Waals surface area (Å²) in [5, 5.41) is 2.94. The second-order valence-electron chi connectivity index (χ2n) is 6.02. The molecule has 1 aliphatic carbocycles. The fourth-order valence-corrected chi connectivity index (χ4v) is 2.73. The number of carbonyl (C=O) groups is 2. The number of amides is 1. The molecular formula is C18H25NO4. The summed E-state index contributed by atoms with van der Waals surface area (Å²) in [7, 11) is 0. The van der Waals surface area contributed by atoms with Crippen LogP contribution in [0.5, 0.6) is 5.75 Å². The number of aryl methyl sites for hydroxylation is 1. The van der Waals surface area contributed by atoms with E-state index in [0.29, 0.717) is 5.75 Å². The SMILES string of the molecule is Cc1cccc(OCC(=O)OCC(=O)NC2CCCCCC2)c1. The predicted molar refractivity (Wildman–Crippen MR) is 87.3 cm³/mol. The zero-order chi connectivity index (χ0) is 16.5. The van der Waals surface area contributed by atoms with E-state index >= 15 is 0 Å². The van der Waals surface area contributed by atoms with Gasteiger partial charge in [-0.2, -0.15) is 0 Å². The van der Waals surface area contributed by atoms with Gasteiger partial charge in [0.2, 0.25) is 0 Å². The Morgan fingerprint density at radius 2 is 1.87 bits per heavy atom. The van der Waals surface area contributed by atoms with Crippen molar-refractivity contribution >= 4 is 11.9 Å². The number of hydrogen-bond donors (Lipinski definition) is 1. The average molecular weight is 319 g/mol. The topological polar surface area (TPSA) is 64.6 Å². The van der Waals surface area contributed by atoms with E-state index in [1.165, 1.54) is 12.8 Å². The summed E-state index contributed by atoms with van der Waals surface area (Å²) >= 11 is 0. The highest BCUT2D eigenvalue weighted by molar-refractivity contribution is 5.81. The van der Waals surface area contributed by atoms with Crippen LogP contribution in [-0.4, -0.2) is 31.1 Å². The van der Waals surface area contributed by atoms with Crippen molar-refractivity contribution in [2.45, 2.75) is 51.5 Å². The van der Waals surface area contributed by atoms with E-state index in [1.54, 1.807) is 6.07 Å². The molecule has 0 heterocycles. The van der Waals surface area contributed by atoms with E-state index in [9.17, 15) is 9.59 Å². The van der Waals surface area contributed by atoms with Crippen LogP contribution in [0.15, 0.2) is 24.3 Å². The Hall–Kier alpha value is -2.04. The van der Waals surface area contributed by atoms with E-state index in [0.717, 1.165) is 31.2 Å². The fraction of sp³-hybridized carbons (Fsp3) is 0.556. The number of carbonyl (C=O) groups excluding carboxylic acids is 2. The van der Waals surface area contributed by atoms with Gasteiger partial charge in [-0.1, -0.05) is 37.8 Å². The third kappa shape index (κ3) is 6.72. The van der Waals surface area contributed by atoms with Gasteiger partial charge in [0.15, 0.2) is 13.2 Å². The summed E-state index contributed by atoms with van der Waals surface area (Å²) < 4.78 is 10.3. The minimum Gasteiger partial charge on any atom is -0.482 e. The molecule has 5 nitrogen and oxygen atoms in total. The van der Waals surface area contributed by atoms with Gasteiger partial charge < -0.3 is 14.8 Å². The van der Waals surface area contributed by atoms with Crippen molar-refractivity contribution in [3.05, 3.63) is 29.8 Å². The molecule has 0 bridgehead atoms. The molecule has 2 rings (SSSR count). The molecule has 0 atom stereocenters. The Labute approximate surface area is 137 Å².